The molecule has 6 nitrogen and oxygen atoms in total. The summed E-state index contributed by atoms with van der Waals surface area (Å²) >= 11 is 1.65. The van der Waals surface area contributed by atoms with Gasteiger partial charge in [0.2, 0.25) is 0 Å². The molecule has 1 fully saturated rings. The third-order valence-electron chi connectivity index (χ3n) is 3.59. The summed E-state index contributed by atoms with van der Waals surface area (Å²) in [6.45, 7) is 4.45. The maximum atomic E-state index is 12.1. The zero-order valence-corrected chi connectivity index (χ0v) is 13.4. The van der Waals surface area contributed by atoms with E-state index in [1.54, 1.807) is 11.3 Å². The number of carbonyl (C=O) groups is 1. The van der Waals surface area contributed by atoms with Crippen LogP contribution in [0.3, 0.4) is 0 Å². The number of aromatic amines is 1. The van der Waals surface area contributed by atoms with Crippen molar-refractivity contribution >= 4 is 17.2 Å². The summed E-state index contributed by atoms with van der Waals surface area (Å²) in [5.74, 6) is 0.640. The van der Waals surface area contributed by atoms with E-state index in [4.69, 9.17) is 0 Å². The van der Waals surface area contributed by atoms with E-state index >= 15 is 0 Å². The van der Waals surface area contributed by atoms with Crippen LogP contribution in [0.2, 0.25) is 0 Å². The van der Waals surface area contributed by atoms with Gasteiger partial charge in [0, 0.05) is 29.8 Å². The number of rotatable bonds is 5. The highest BCUT2D eigenvalue weighted by molar-refractivity contribution is 7.11. The number of thiazole rings is 1. The van der Waals surface area contributed by atoms with Crippen molar-refractivity contribution in [1.82, 2.24) is 20.3 Å². The van der Waals surface area contributed by atoms with Gasteiger partial charge in [-0.1, -0.05) is 0 Å². The van der Waals surface area contributed by atoms with Crippen LogP contribution in [0.5, 0.6) is 0 Å². The van der Waals surface area contributed by atoms with E-state index < -0.39 is 0 Å². The molecule has 0 unspecified atom stereocenters. The lowest BCUT2D eigenvalue weighted by Gasteiger charge is -2.05. The van der Waals surface area contributed by atoms with Crippen molar-refractivity contribution < 1.29 is 4.79 Å². The van der Waals surface area contributed by atoms with Crippen LogP contribution in [0.4, 0.5) is 0 Å². The molecule has 2 N–H and O–H groups in total. The predicted octanol–water partition coefficient (Wildman–Crippen LogP) is 1.69. The first kappa shape index (κ1) is 14.9. The van der Waals surface area contributed by atoms with Gasteiger partial charge < -0.3 is 10.3 Å². The lowest BCUT2D eigenvalue weighted by atomic mass is 10.3. The number of nitrogens with one attached hydrogen (secondary N) is 2. The molecule has 0 aromatic carbocycles. The Morgan fingerprint density at radius 2 is 2.18 bits per heavy atom. The number of H-pyrrole nitrogens is 1. The van der Waals surface area contributed by atoms with Gasteiger partial charge in [-0.25, -0.2) is 9.97 Å². The van der Waals surface area contributed by atoms with Crippen molar-refractivity contribution in [3.05, 3.63) is 43.5 Å². The number of aryl methyl sites for hydroxylation is 2. The number of aromatic nitrogens is 3. The summed E-state index contributed by atoms with van der Waals surface area (Å²) in [4.78, 5) is 36.3. The Balaban J connectivity index is 1.62. The van der Waals surface area contributed by atoms with Crippen LogP contribution < -0.4 is 10.9 Å². The SMILES string of the molecule is Cc1nc(C)c(CCNC(=O)c2cc(=O)[nH]c(C3CC3)n2)s1. The van der Waals surface area contributed by atoms with E-state index in [1.165, 1.54) is 10.9 Å². The highest BCUT2D eigenvalue weighted by Crippen LogP contribution is 2.37. The maximum absolute atomic E-state index is 12.1. The van der Waals surface area contributed by atoms with Gasteiger partial charge in [-0.15, -0.1) is 11.3 Å². The molecule has 2 heterocycles. The van der Waals surface area contributed by atoms with Gasteiger partial charge in [-0.2, -0.15) is 0 Å². The van der Waals surface area contributed by atoms with E-state index in [0.29, 0.717) is 18.3 Å². The molecule has 2 aromatic heterocycles. The standard InChI is InChI=1S/C15H18N4O2S/c1-8-12(22-9(2)17-8)5-6-16-15(21)11-7-13(20)19-14(18-11)10-3-4-10/h7,10H,3-6H2,1-2H3,(H,16,21)(H,18,19,20). The number of amides is 1. The molecule has 3 rings (SSSR count). The average molecular weight is 318 g/mol. The zero-order chi connectivity index (χ0) is 15.7. The molecule has 0 spiro atoms. The Hall–Kier alpha value is -2.02. The largest absolute Gasteiger partial charge is 0.350 e. The van der Waals surface area contributed by atoms with E-state index in [9.17, 15) is 9.59 Å². The van der Waals surface area contributed by atoms with Gasteiger partial charge in [0.05, 0.1) is 10.7 Å². The lowest BCUT2D eigenvalue weighted by molar-refractivity contribution is 0.0948. The molecule has 1 saturated carbocycles. The molecule has 2 aromatic rings. The fourth-order valence-corrected chi connectivity index (χ4v) is 3.27. The first-order valence-electron chi connectivity index (χ1n) is 7.35. The van der Waals surface area contributed by atoms with Gasteiger partial charge in [0.15, 0.2) is 0 Å². The van der Waals surface area contributed by atoms with Crippen molar-refractivity contribution in [2.24, 2.45) is 0 Å². The van der Waals surface area contributed by atoms with Crippen molar-refractivity contribution in [2.75, 3.05) is 6.54 Å². The number of hydrogen-bond donors (Lipinski definition) is 2. The Morgan fingerprint density at radius 3 is 2.82 bits per heavy atom. The molecular formula is C15H18N4O2S. The number of nitrogens with zero attached hydrogens (tertiary/aromatic N) is 2. The van der Waals surface area contributed by atoms with E-state index in [0.717, 1.165) is 30.0 Å². The molecule has 22 heavy (non-hydrogen) atoms. The summed E-state index contributed by atoms with van der Waals surface area (Å²) < 4.78 is 0. The third-order valence-corrected chi connectivity index (χ3v) is 4.73. The number of hydrogen-bond acceptors (Lipinski definition) is 5. The van der Waals surface area contributed by atoms with Gasteiger partial charge in [-0.3, -0.25) is 9.59 Å². The molecule has 0 bridgehead atoms. The van der Waals surface area contributed by atoms with Crippen molar-refractivity contribution in [1.29, 1.82) is 0 Å². The Kier molecular flexibility index (Phi) is 4.06. The van der Waals surface area contributed by atoms with Crippen LogP contribution >= 0.6 is 11.3 Å². The van der Waals surface area contributed by atoms with Crippen molar-refractivity contribution in [2.45, 2.75) is 39.0 Å². The molecule has 0 aliphatic heterocycles. The molecule has 7 heteroatoms. The second-order valence-corrected chi connectivity index (χ2v) is 6.83. The van der Waals surface area contributed by atoms with Crippen molar-refractivity contribution in [3.63, 3.8) is 0 Å². The Morgan fingerprint density at radius 1 is 1.41 bits per heavy atom. The van der Waals surface area contributed by atoms with E-state index in [-0.39, 0.29) is 17.2 Å². The quantitative estimate of drug-likeness (QED) is 0.878. The first-order valence-corrected chi connectivity index (χ1v) is 8.17. The summed E-state index contributed by atoms with van der Waals surface area (Å²) in [5, 5.41) is 3.85. The van der Waals surface area contributed by atoms with Gasteiger partial charge in [-0.05, 0) is 26.7 Å². The molecule has 116 valence electrons. The summed E-state index contributed by atoms with van der Waals surface area (Å²) in [6, 6.07) is 1.25. The summed E-state index contributed by atoms with van der Waals surface area (Å²) in [5.41, 5.74) is 0.945. The minimum absolute atomic E-state index is 0.197. The van der Waals surface area contributed by atoms with E-state index in [1.807, 2.05) is 13.8 Å². The molecule has 1 amide bonds. The van der Waals surface area contributed by atoms with Gasteiger partial charge in [0.25, 0.3) is 11.5 Å². The maximum Gasteiger partial charge on any atom is 0.270 e. The highest BCUT2D eigenvalue weighted by atomic mass is 32.1. The summed E-state index contributed by atoms with van der Waals surface area (Å²) in [7, 11) is 0. The number of carbonyl (C=O) groups excluding carboxylic acids is 1. The van der Waals surface area contributed by atoms with Crippen LogP contribution in [-0.2, 0) is 6.42 Å². The topological polar surface area (TPSA) is 87.7 Å². The van der Waals surface area contributed by atoms with Crippen LogP contribution in [0.15, 0.2) is 10.9 Å². The fourth-order valence-electron chi connectivity index (χ4n) is 2.33. The minimum atomic E-state index is -0.299. The van der Waals surface area contributed by atoms with E-state index in [2.05, 4.69) is 20.3 Å². The van der Waals surface area contributed by atoms with Crippen LogP contribution in [0.25, 0.3) is 0 Å². The molecule has 0 radical (unpaired) electrons. The Labute approximate surface area is 132 Å². The average Bonchev–Trinajstić information content (AvgIpc) is 3.25. The molecular weight excluding hydrogens is 300 g/mol. The van der Waals surface area contributed by atoms with Crippen LogP contribution in [-0.4, -0.2) is 27.4 Å². The monoisotopic (exact) mass is 318 g/mol. The molecule has 0 saturated heterocycles. The van der Waals surface area contributed by atoms with Gasteiger partial charge >= 0.3 is 0 Å². The van der Waals surface area contributed by atoms with Gasteiger partial charge in [0.1, 0.15) is 11.5 Å². The second-order valence-electron chi connectivity index (χ2n) is 5.54. The zero-order valence-electron chi connectivity index (χ0n) is 12.6. The second kappa shape index (κ2) is 6.00. The molecule has 0 atom stereocenters. The predicted molar refractivity (Wildman–Crippen MR) is 84.5 cm³/mol. The third kappa shape index (κ3) is 3.41. The van der Waals surface area contributed by atoms with Crippen molar-refractivity contribution in [3.8, 4) is 0 Å². The fraction of sp³-hybridized carbons (Fsp3) is 0.467. The first-order chi connectivity index (χ1) is 10.5. The molecule has 1 aliphatic rings. The van der Waals surface area contributed by atoms with Crippen LogP contribution in [0, 0.1) is 13.8 Å². The lowest BCUT2D eigenvalue weighted by Crippen LogP contribution is -2.28. The molecule has 1 aliphatic carbocycles. The summed E-state index contributed by atoms with van der Waals surface area (Å²) in [6.07, 6.45) is 2.79. The Bertz CT molecular complexity index is 761. The smallest absolute Gasteiger partial charge is 0.270 e. The highest BCUT2D eigenvalue weighted by Gasteiger charge is 2.27. The van der Waals surface area contributed by atoms with Crippen LogP contribution in [0.1, 0.15) is 50.7 Å². The normalized spacial score (nSPS) is 14.1. The minimum Gasteiger partial charge on any atom is -0.350 e.